The van der Waals surface area contributed by atoms with Crippen LogP contribution in [0.4, 0.5) is 0 Å². The topological polar surface area (TPSA) is 129 Å². The van der Waals surface area contributed by atoms with Gasteiger partial charge in [-0.2, -0.15) is 0 Å². The largest absolute Gasteiger partial charge is 0.367 e. The van der Waals surface area contributed by atoms with Crippen molar-refractivity contribution in [3.63, 3.8) is 0 Å². The van der Waals surface area contributed by atoms with Gasteiger partial charge in [0.05, 0.1) is 25.9 Å². The molecule has 2 aliphatic heterocycles. The molecule has 2 aliphatic rings. The van der Waals surface area contributed by atoms with Crippen LogP contribution in [0.5, 0.6) is 0 Å². The molecular weight excluding hydrogens is 725 g/mol. The van der Waals surface area contributed by atoms with Gasteiger partial charge in [0.15, 0.2) is 0 Å². The Labute approximate surface area is 355 Å². The summed E-state index contributed by atoms with van der Waals surface area (Å²) in [5.74, 6) is 0.547. The molecule has 0 fully saturated rings. The first-order chi connectivity index (χ1) is 28.4. The molecule has 2 unspecified atom stereocenters. The van der Waals surface area contributed by atoms with Crippen molar-refractivity contribution >= 4 is 23.6 Å². The number of amidine groups is 2. The number of hydroxylamine groups is 6. The van der Waals surface area contributed by atoms with Crippen molar-refractivity contribution < 1.29 is 28.6 Å². The number of quaternary nitrogens is 2. The highest BCUT2D eigenvalue weighted by Crippen LogP contribution is 2.22. The van der Waals surface area contributed by atoms with Gasteiger partial charge in [-0.05, 0) is 25.7 Å². The Bertz CT molecular complexity index is 1100. The van der Waals surface area contributed by atoms with Crippen LogP contribution in [0.25, 0.3) is 0 Å². The van der Waals surface area contributed by atoms with Gasteiger partial charge in [0.25, 0.3) is 11.7 Å². The molecule has 10 heteroatoms. The summed E-state index contributed by atoms with van der Waals surface area (Å²) < 4.78 is -0.0406. The van der Waals surface area contributed by atoms with E-state index in [9.17, 15) is 9.59 Å². The maximum atomic E-state index is 13.2. The van der Waals surface area contributed by atoms with Crippen LogP contribution in [0.3, 0.4) is 0 Å². The van der Waals surface area contributed by atoms with Gasteiger partial charge in [0.2, 0.25) is 0 Å². The fourth-order valence-corrected chi connectivity index (χ4v) is 8.28. The Morgan fingerprint density at radius 2 is 0.793 bits per heavy atom. The third-order valence-corrected chi connectivity index (χ3v) is 11.9. The molecule has 334 valence electrons. The fraction of sp³-hybridized carbons (Fsp3) is 0.833. The molecule has 0 saturated heterocycles. The minimum Gasteiger partial charge on any atom is -0.325 e. The molecule has 0 amide bonds. The van der Waals surface area contributed by atoms with E-state index >= 15 is 0 Å². The maximum Gasteiger partial charge on any atom is 0.367 e. The summed E-state index contributed by atoms with van der Waals surface area (Å²) in [6.45, 7) is 8.39. The summed E-state index contributed by atoms with van der Waals surface area (Å²) in [5, 5.41) is 0. The molecular formula is C48H90N6O4+2. The van der Waals surface area contributed by atoms with Crippen LogP contribution in [0.2, 0.25) is 0 Å². The van der Waals surface area contributed by atoms with Crippen molar-refractivity contribution in [3.05, 3.63) is 24.3 Å². The first-order valence-electron chi connectivity index (χ1n) is 24.5. The third-order valence-electron chi connectivity index (χ3n) is 11.9. The number of nitrogens with two attached hydrogens (primary N) is 2. The summed E-state index contributed by atoms with van der Waals surface area (Å²) in [6, 6.07) is 0. The predicted molar refractivity (Wildman–Crippen MR) is 243 cm³/mol. The van der Waals surface area contributed by atoms with Gasteiger partial charge in [0, 0.05) is 25.2 Å². The molecule has 0 aromatic carbocycles. The van der Waals surface area contributed by atoms with Crippen LogP contribution in [-0.2, 0) is 19.3 Å². The van der Waals surface area contributed by atoms with E-state index in [4.69, 9.17) is 21.1 Å². The monoisotopic (exact) mass is 815 g/mol. The standard InChI is InChI=1S/C48H90N6O4/c1-3-5-7-9-11-13-15-17-19-21-23-25-27-29-31-33-45-51-39-43-53(45,41-37-49)57-47(55)35-36-48(56)58-54(42-38-50)44-40-52-46(54)34-32-30-28-26-24-22-20-18-16-14-12-10-8-6-4-2/h31-34H,3-30,35-44,49-50H2,1-2H3/q+2. The second kappa shape index (κ2) is 34.3. The van der Waals surface area contributed by atoms with Crippen LogP contribution >= 0.6 is 0 Å². The number of unbranched alkanes of at least 4 members (excludes halogenated alkanes) is 26. The average Bonchev–Trinajstić information content (AvgIpc) is 3.79. The lowest BCUT2D eigenvalue weighted by atomic mass is 10.0. The highest BCUT2D eigenvalue weighted by Gasteiger charge is 2.43. The van der Waals surface area contributed by atoms with Crippen molar-refractivity contribution in [3.8, 4) is 0 Å². The molecule has 0 spiro atoms. The smallest absolute Gasteiger partial charge is 0.325 e. The predicted octanol–water partition coefficient (Wildman–Crippen LogP) is 11.1. The van der Waals surface area contributed by atoms with E-state index in [0.29, 0.717) is 52.4 Å². The molecule has 0 bridgehead atoms. The molecule has 2 heterocycles. The molecule has 0 aliphatic carbocycles. The Morgan fingerprint density at radius 1 is 0.500 bits per heavy atom. The zero-order chi connectivity index (χ0) is 41.8. The van der Waals surface area contributed by atoms with Crippen molar-refractivity contribution in [2.75, 3.05) is 52.4 Å². The van der Waals surface area contributed by atoms with Crippen molar-refractivity contribution in [2.24, 2.45) is 21.5 Å². The SMILES string of the molecule is CCCCCCCCCCCCCCCC=CC1=NCC[N+]1(CCN)OC(=O)CCC(=O)O[N+]1(CCN)CCN=C1C=CCCCCCCCCCCCCCCC. The van der Waals surface area contributed by atoms with Gasteiger partial charge in [0.1, 0.15) is 26.2 Å². The van der Waals surface area contributed by atoms with Gasteiger partial charge >= 0.3 is 11.9 Å². The van der Waals surface area contributed by atoms with E-state index in [0.717, 1.165) is 37.4 Å². The van der Waals surface area contributed by atoms with E-state index in [-0.39, 0.29) is 22.1 Å². The zero-order valence-electron chi connectivity index (χ0n) is 37.8. The fourth-order valence-electron chi connectivity index (χ4n) is 8.28. The number of hydrogen-bond acceptors (Lipinski definition) is 8. The Kier molecular flexibility index (Phi) is 30.6. The maximum absolute atomic E-state index is 13.2. The summed E-state index contributed by atoms with van der Waals surface area (Å²) in [6.07, 6.45) is 44.9. The summed E-state index contributed by atoms with van der Waals surface area (Å²) >= 11 is 0. The summed E-state index contributed by atoms with van der Waals surface area (Å²) in [5.41, 5.74) is 12.0. The van der Waals surface area contributed by atoms with E-state index in [2.05, 4.69) is 36.0 Å². The summed E-state index contributed by atoms with van der Waals surface area (Å²) in [4.78, 5) is 47.8. The zero-order valence-corrected chi connectivity index (χ0v) is 37.8. The molecule has 58 heavy (non-hydrogen) atoms. The molecule has 0 radical (unpaired) electrons. The minimum atomic E-state index is -0.455. The van der Waals surface area contributed by atoms with Gasteiger partial charge in [-0.25, -0.2) is 19.6 Å². The quantitative estimate of drug-likeness (QED) is 0.0469. The number of allylic oxidation sites excluding steroid dienone is 2. The molecule has 10 nitrogen and oxygen atoms in total. The normalized spacial score (nSPS) is 19.4. The molecule has 0 aromatic rings. The highest BCUT2D eigenvalue weighted by molar-refractivity contribution is 5.89. The van der Waals surface area contributed by atoms with E-state index < -0.39 is 11.9 Å². The molecule has 0 saturated carbocycles. The molecule has 2 atom stereocenters. The van der Waals surface area contributed by atoms with Crippen LogP contribution in [0, 0.1) is 0 Å². The average molecular weight is 815 g/mol. The Balaban J connectivity index is 1.68. The van der Waals surface area contributed by atoms with E-state index in [1.807, 2.05) is 12.2 Å². The van der Waals surface area contributed by atoms with Crippen LogP contribution < -0.4 is 11.5 Å². The van der Waals surface area contributed by atoms with Crippen LogP contribution in [-0.4, -0.2) is 85.3 Å². The molecule has 0 aromatic heterocycles. The van der Waals surface area contributed by atoms with Gasteiger partial charge in [-0.1, -0.05) is 189 Å². The lowest BCUT2D eigenvalue weighted by Gasteiger charge is -2.30. The number of aliphatic imine (C=N–C) groups is 2. The lowest BCUT2D eigenvalue weighted by molar-refractivity contribution is -1.01. The van der Waals surface area contributed by atoms with Gasteiger partial charge in [-0.3, -0.25) is 9.68 Å². The Hall–Kier alpha value is -2.40. The van der Waals surface area contributed by atoms with Crippen molar-refractivity contribution in [1.29, 1.82) is 0 Å². The Morgan fingerprint density at radius 3 is 1.09 bits per heavy atom. The number of hydrogen-bond donors (Lipinski definition) is 2. The lowest BCUT2D eigenvalue weighted by Crippen LogP contribution is -2.54. The van der Waals surface area contributed by atoms with Crippen LogP contribution in [0.1, 0.15) is 206 Å². The highest BCUT2D eigenvalue weighted by atomic mass is 16.8. The number of rotatable bonds is 39. The number of nitrogens with zero attached hydrogens (tertiary/aromatic N) is 4. The molecule has 4 N–H and O–H groups in total. The second-order valence-corrected chi connectivity index (χ2v) is 17.0. The first kappa shape index (κ1) is 51.7. The van der Waals surface area contributed by atoms with Crippen molar-refractivity contribution in [1.82, 2.24) is 0 Å². The minimum absolute atomic E-state index is 0.0203. The first-order valence-corrected chi connectivity index (χ1v) is 24.5. The summed E-state index contributed by atoms with van der Waals surface area (Å²) in [7, 11) is 0. The van der Waals surface area contributed by atoms with Crippen LogP contribution in [0.15, 0.2) is 34.3 Å². The van der Waals surface area contributed by atoms with Gasteiger partial charge in [-0.15, -0.1) is 0 Å². The number of carbonyl (C=O) groups excluding carboxylic acids is 2. The van der Waals surface area contributed by atoms with Gasteiger partial charge < -0.3 is 11.5 Å². The number of carbonyl (C=O) groups is 2. The van der Waals surface area contributed by atoms with Crippen molar-refractivity contribution in [2.45, 2.75) is 206 Å². The molecule has 2 rings (SSSR count). The second-order valence-electron chi connectivity index (χ2n) is 17.0. The third kappa shape index (κ3) is 22.8. The van der Waals surface area contributed by atoms with E-state index in [1.54, 1.807) is 0 Å². The van der Waals surface area contributed by atoms with E-state index in [1.165, 1.54) is 154 Å².